The largest absolute Gasteiger partial charge is 0.508 e. The van der Waals surface area contributed by atoms with Gasteiger partial charge in [0, 0.05) is 50.2 Å². The van der Waals surface area contributed by atoms with E-state index in [0.717, 1.165) is 42.4 Å². The zero-order chi connectivity index (χ0) is 25.8. The minimum absolute atomic E-state index is 0.0408. The Morgan fingerprint density at radius 3 is 2.68 bits per heavy atom. The van der Waals surface area contributed by atoms with E-state index in [1.165, 1.54) is 6.07 Å². The topological polar surface area (TPSA) is 101 Å². The first-order valence-electron chi connectivity index (χ1n) is 12.7. The second-order valence-corrected chi connectivity index (χ2v) is 10.0. The molecule has 9 nitrogen and oxygen atoms in total. The average Bonchev–Trinajstić information content (AvgIpc) is 3.50. The molecule has 2 aromatic carbocycles. The highest BCUT2D eigenvalue weighted by molar-refractivity contribution is 5.99. The molecule has 2 unspecified atom stereocenters. The number of aryl methyl sites for hydroxylation is 1. The molecule has 5 aromatic rings. The minimum Gasteiger partial charge on any atom is -0.508 e. The third-order valence-corrected chi connectivity index (χ3v) is 7.38. The van der Waals surface area contributed by atoms with Crippen LogP contribution in [-0.4, -0.2) is 55.0 Å². The predicted octanol–water partition coefficient (Wildman–Crippen LogP) is 3.94. The van der Waals surface area contributed by atoms with Crippen LogP contribution in [0.4, 0.5) is 10.2 Å². The third kappa shape index (κ3) is 3.97. The highest BCUT2D eigenvalue weighted by atomic mass is 19.1. The van der Waals surface area contributed by atoms with Gasteiger partial charge in [-0.1, -0.05) is 24.3 Å². The van der Waals surface area contributed by atoms with Gasteiger partial charge in [0.1, 0.15) is 29.4 Å². The number of rotatable bonds is 5. The fourth-order valence-corrected chi connectivity index (χ4v) is 5.65. The van der Waals surface area contributed by atoms with Gasteiger partial charge in [0.15, 0.2) is 5.82 Å². The Balaban J connectivity index is 1.37. The molecular formula is C28H26FN7O2. The standard InChI is InChI=1S/C28H26FN7O2/c1-35-9-8-19(34-35)15-38-28-32-26-23(27(33-28)36-13-17-6-7-18(14-36)31-17)12-30-25(24(26)29)22-11-20(37)10-16-4-2-3-5-21(16)22/h2-5,8-12,17-18,31,37H,6-7,13-15H2,1H3. The summed E-state index contributed by atoms with van der Waals surface area (Å²) in [6.45, 7) is 1.70. The second kappa shape index (κ2) is 8.91. The van der Waals surface area contributed by atoms with E-state index >= 15 is 4.39 Å². The molecular weight excluding hydrogens is 485 g/mol. The first-order chi connectivity index (χ1) is 18.5. The molecule has 0 aliphatic carbocycles. The maximum atomic E-state index is 16.3. The van der Waals surface area contributed by atoms with Crippen LogP contribution in [-0.2, 0) is 13.7 Å². The van der Waals surface area contributed by atoms with E-state index in [1.807, 2.05) is 43.6 Å². The SMILES string of the molecule is Cn1ccc(COc2nc(N3CC4CCC(C3)N4)c3cnc(-c4cc(O)cc5ccccc45)c(F)c3n2)n1. The van der Waals surface area contributed by atoms with Crippen LogP contribution in [0.1, 0.15) is 18.5 Å². The van der Waals surface area contributed by atoms with Gasteiger partial charge in [-0.15, -0.1) is 0 Å². The lowest BCUT2D eigenvalue weighted by Gasteiger charge is -2.34. The molecule has 0 saturated carbocycles. The first-order valence-corrected chi connectivity index (χ1v) is 12.7. The number of benzene rings is 2. The van der Waals surface area contributed by atoms with Gasteiger partial charge in [-0.2, -0.15) is 15.1 Å². The number of fused-ring (bicyclic) bond motifs is 4. The molecule has 2 N–H and O–H groups in total. The smallest absolute Gasteiger partial charge is 0.319 e. The summed E-state index contributed by atoms with van der Waals surface area (Å²) in [4.78, 5) is 16.0. The lowest BCUT2D eigenvalue weighted by molar-refractivity contribution is 0.276. The summed E-state index contributed by atoms with van der Waals surface area (Å²) in [5, 5.41) is 20.4. The van der Waals surface area contributed by atoms with Crippen molar-refractivity contribution in [1.82, 2.24) is 30.0 Å². The Morgan fingerprint density at radius 1 is 1.08 bits per heavy atom. The molecule has 10 heteroatoms. The van der Waals surface area contributed by atoms with Crippen LogP contribution in [0.15, 0.2) is 54.9 Å². The lowest BCUT2D eigenvalue weighted by atomic mass is 10.0. The van der Waals surface area contributed by atoms with Crippen LogP contribution in [0, 0.1) is 5.82 Å². The van der Waals surface area contributed by atoms with Gasteiger partial charge in [0.2, 0.25) is 0 Å². The number of halogens is 1. The lowest BCUT2D eigenvalue weighted by Crippen LogP contribution is -2.51. The van der Waals surface area contributed by atoms with Gasteiger partial charge in [0.05, 0.1) is 11.1 Å². The molecule has 5 heterocycles. The Morgan fingerprint density at radius 2 is 1.89 bits per heavy atom. The van der Waals surface area contributed by atoms with Crippen LogP contribution in [0.5, 0.6) is 11.8 Å². The molecule has 2 aliphatic heterocycles. The number of aromatic hydroxyl groups is 1. The van der Waals surface area contributed by atoms with Crippen molar-refractivity contribution >= 4 is 27.5 Å². The van der Waals surface area contributed by atoms with E-state index in [0.29, 0.717) is 28.9 Å². The number of nitrogens with one attached hydrogen (secondary N) is 1. The van der Waals surface area contributed by atoms with E-state index in [1.54, 1.807) is 16.9 Å². The van der Waals surface area contributed by atoms with E-state index in [4.69, 9.17) is 9.72 Å². The minimum atomic E-state index is -0.581. The van der Waals surface area contributed by atoms with Gasteiger partial charge >= 0.3 is 6.01 Å². The number of hydrogen-bond acceptors (Lipinski definition) is 8. The zero-order valence-electron chi connectivity index (χ0n) is 20.8. The van der Waals surface area contributed by atoms with Crippen molar-refractivity contribution in [2.24, 2.45) is 7.05 Å². The van der Waals surface area contributed by atoms with Crippen molar-refractivity contribution in [3.8, 4) is 23.0 Å². The normalized spacial score (nSPS) is 18.9. The molecule has 38 heavy (non-hydrogen) atoms. The molecule has 2 fully saturated rings. The molecule has 0 spiro atoms. The summed E-state index contributed by atoms with van der Waals surface area (Å²) >= 11 is 0. The summed E-state index contributed by atoms with van der Waals surface area (Å²) in [6, 6.07) is 13.4. The van der Waals surface area contributed by atoms with Gasteiger partial charge < -0.3 is 20.1 Å². The number of anilines is 1. The number of piperazine rings is 1. The summed E-state index contributed by atoms with van der Waals surface area (Å²) < 4.78 is 24.0. The van der Waals surface area contributed by atoms with Crippen LogP contribution < -0.4 is 15.0 Å². The Labute approximate surface area is 217 Å². The molecule has 0 radical (unpaired) electrons. The first kappa shape index (κ1) is 22.9. The van der Waals surface area contributed by atoms with Crippen molar-refractivity contribution < 1.29 is 14.2 Å². The summed E-state index contributed by atoms with van der Waals surface area (Å²) in [5.74, 6) is 0.0740. The van der Waals surface area contributed by atoms with Crippen molar-refractivity contribution in [2.75, 3.05) is 18.0 Å². The average molecular weight is 512 g/mol. The zero-order valence-corrected chi connectivity index (χ0v) is 20.8. The predicted molar refractivity (Wildman–Crippen MR) is 142 cm³/mol. The van der Waals surface area contributed by atoms with Gasteiger partial charge in [-0.25, -0.2) is 4.39 Å². The Kier molecular flexibility index (Phi) is 5.36. The van der Waals surface area contributed by atoms with Gasteiger partial charge in [0.25, 0.3) is 0 Å². The fourth-order valence-electron chi connectivity index (χ4n) is 5.65. The number of pyridine rings is 1. The maximum absolute atomic E-state index is 16.3. The Bertz CT molecular complexity index is 1680. The highest BCUT2D eigenvalue weighted by Crippen LogP contribution is 2.37. The quantitative estimate of drug-likeness (QED) is 0.366. The van der Waals surface area contributed by atoms with Crippen LogP contribution in [0.3, 0.4) is 0 Å². The van der Waals surface area contributed by atoms with Crippen molar-refractivity contribution in [3.05, 3.63) is 66.4 Å². The molecule has 2 bridgehead atoms. The number of aromatic nitrogens is 5. The number of phenolic OH excluding ortho intramolecular Hbond substituents is 1. The molecule has 7 rings (SSSR count). The number of phenols is 1. The van der Waals surface area contributed by atoms with E-state index in [2.05, 4.69) is 25.3 Å². The van der Waals surface area contributed by atoms with Gasteiger partial charge in [-0.05, 0) is 41.8 Å². The van der Waals surface area contributed by atoms with E-state index in [9.17, 15) is 5.11 Å². The maximum Gasteiger partial charge on any atom is 0.319 e. The number of hydrogen-bond donors (Lipinski definition) is 2. The van der Waals surface area contributed by atoms with E-state index < -0.39 is 5.82 Å². The van der Waals surface area contributed by atoms with Gasteiger partial charge in [-0.3, -0.25) is 9.67 Å². The molecule has 3 aromatic heterocycles. The van der Waals surface area contributed by atoms with Crippen LogP contribution >= 0.6 is 0 Å². The van der Waals surface area contributed by atoms with Crippen molar-refractivity contribution in [1.29, 1.82) is 0 Å². The van der Waals surface area contributed by atoms with Crippen molar-refractivity contribution in [2.45, 2.75) is 31.5 Å². The third-order valence-electron chi connectivity index (χ3n) is 7.38. The van der Waals surface area contributed by atoms with Crippen LogP contribution in [0.2, 0.25) is 0 Å². The Hall–Kier alpha value is -4.31. The molecule has 2 saturated heterocycles. The van der Waals surface area contributed by atoms with Crippen LogP contribution in [0.25, 0.3) is 32.9 Å². The molecule has 0 amide bonds. The van der Waals surface area contributed by atoms with Crippen molar-refractivity contribution in [3.63, 3.8) is 0 Å². The molecule has 2 atom stereocenters. The summed E-state index contributed by atoms with van der Waals surface area (Å²) in [7, 11) is 1.84. The summed E-state index contributed by atoms with van der Waals surface area (Å²) in [6.07, 6.45) is 5.68. The monoisotopic (exact) mass is 511 g/mol. The molecule has 2 aliphatic rings. The highest BCUT2D eigenvalue weighted by Gasteiger charge is 2.34. The second-order valence-electron chi connectivity index (χ2n) is 10.0. The van der Waals surface area contributed by atoms with E-state index in [-0.39, 0.29) is 29.6 Å². The number of ether oxygens (including phenoxy) is 1. The fraction of sp³-hybridized carbons (Fsp3) is 0.286. The summed E-state index contributed by atoms with van der Waals surface area (Å²) in [5.41, 5.74) is 1.47. The molecule has 192 valence electrons. The number of nitrogens with zero attached hydrogens (tertiary/aromatic N) is 6.